The van der Waals surface area contributed by atoms with Crippen molar-refractivity contribution in [1.29, 1.82) is 0 Å². The Morgan fingerprint density at radius 1 is 1.04 bits per heavy atom. The average Bonchev–Trinajstić information content (AvgIpc) is 2.55. The molecule has 5 heteroatoms. The van der Waals surface area contributed by atoms with Crippen LogP contribution in [0.15, 0.2) is 59.5 Å². The van der Waals surface area contributed by atoms with Crippen LogP contribution >= 0.6 is 0 Å². The van der Waals surface area contributed by atoms with Gasteiger partial charge in [-0.25, -0.2) is 8.42 Å². The van der Waals surface area contributed by atoms with Crippen LogP contribution in [0.2, 0.25) is 0 Å². The Kier molecular flexibility index (Phi) is 6.54. The van der Waals surface area contributed by atoms with Gasteiger partial charge in [0.15, 0.2) is 9.84 Å². The molecule has 4 nitrogen and oxygen atoms in total. The second-order valence-electron chi connectivity index (χ2n) is 6.21. The molecule has 0 aliphatic heterocycles. The van der Waals surface area contributed by atoms with Crippen molar-refractivity contribution >= 4 is 9.84 Å². The van der Waals surface area contributed by atoms with Crippen LogP contribution in [0, 0.1) is 0 Å². The van der Waals surface area contributed by atoms with Gasteiger partial charge in [0.1, 0.15) is 0 Å². The number of nitrogens with zero attached hydrogens (tertiary/aromatic N) is 1. The lowest BCUT2D eigenvalue weighted by Gasteiger charge is -2.20. The van der Waals surface area contributed by atoms with E-state index in [0.29, 0.717) is 11.4 Å². The lowest BCUT2D eigenvalue weighted by Crippen LogP contribution is -2.26. The zero-order valence-corrected chi connectivity index (χ0v) is 15.0. The fourth-order valence-electron chi connectivity index (χ4n) is 2.62. The molecule has 24 heavy (non-hydrogen) atoms. The predicted molar refractivity (Wildman–Crippen MR) is 96.8 cm³/mol. The molecule has 0 aromatic heterocycles. The summed E-state index contributed by atoms with van der Waals surface area (Å²) in [5.74, 6) is 0. The molecule has 2 aromatic rings. The molecule has 0 spiro atoms. The molecular formula is C19H25NO3S. The van der Waals surface area contributed by atoms with E-state index < -0.39 is 15.9 Å². The summed E-state index contributed by atoms with van der Waals surface area (Å²) in [6.07, 6.45) is 2.58. The molecular weight excluding hydrogens is 322 g/mol. The Bertz CT molecular complexity index is 727. The van der Waals surface area contributed by atoms with E-state index >= 15 is 0 Å². The van der Waals surface area contributed by atoms with Crippen molar-refractivity contribution in [3.05, 3.63) is 65.7 Å². The van der Waals surface area contributed by atoms with E-state index in [-0.39, 0.29) is 0 Å². The van der Waals surface area contributed by atoms with Crippen molar-refractivity contribution in [2.24, 2.45) is 0 Å². The van der Waals surface area contributed by atoms with Gasteiger partial charge in [0, 0.05) is 12.8 Å². The van der Waals surface area contributed by atoms with E-state index in [1.54, 1.807) is 12.1 Å². The van der Waals surface area contributed by atoms with Gasteiger partial charge in [0.25, 0.3) is 0 Å². The number of aliphatic hydroxyl groups excluding tert-OH is 1. The normalized spacial score (nSPS) is 13.2. The fraction of sp³-hybridized carbons (Fsp3) is 0.368. The Morgan fingerprint density at radius 2 is 1.67 bits per heavy atom. The Morgan fingerprint density at radius 3 is 2.25 bits per heavy atom. The second-order valence-corrected chi connectivity index (χ2v) is 8.22. The molecule has 130 valence electrons. The molecule has 0 heterocycles. The molecule has 2 rings (SSSR count). The number of hydrogen-bond donors (Lipinski definition) is 1. The van der Waals surface area contributed by atoms with E-state index in [9.17, 15) is 13.5 Å². The van der Waals surface area contributed by atoms with Crippen molar-refractivity contribution in [2.75, 3.05) is 26.4 Å². The van der Waals surface area contributed by atoms with Crippen LogP contribution in [-0.4, -0.2) is 44.8 Å². The first-order valence-electron chi connectivity index (χ1n) is 8.07. The monoisotopic (exact) mass is 347 g/mol. The first-order chi connectivity index (χ1) is 11.4. The number of likely N-dealkylation sites (N-methyl/N-ethyl adjacent to an activating group) is 1. The largest absolute Gasteiger partial charge is 0.387 e. The maximum Gasteiger partial charge on any atom is 0.175 e. The molecule has 0 bridgehead atoms. The minimum absolute atomic E-state index is 0.356. The third-order valence-electron chi connectivity index (χ3n) is 4.03. The van der Waals surface area contributed by atoms with E-state index in [2.05, 4.69) is 4.90 Å². The van der Waals surface area contributed by atoms with Crippen molar-refractivity contribution in [3.63, 3.8) is 0 Å². The number of sulfone groups is 1. The molecule has 0 amide bonds. The summed E-state index contributed by atoms with van der Waals surface area (Å²) >= 11 is 0. The maximum atomic E-state index is 11.4. The summed E-state index contributed by atoms with van der Waals surface area (Å²) in [6.45, 7) is 1.47. The van der Waals surface area contributed by atoms with Crippen molar-refractivity contribution in [1.82, 2.24) is 4.90 Å². The molecule has 0 aliphatic rings. The quantitative estimate of drug-likeness (QED) is 0.798. The van der Waals surface area contributed by atoms with Gasteiger partial charge in [-0.05, 0) is 49.7 Å². The van der Waals surface area contributed by atoms with E-state index in [1.165, 1.54) is 6.26 Å². The fourth-order valence-corrected chi connectivity index (χ4v) is 3.25. The second kappa shape index (κ2) is 8.42. The first kappa shape index (κ1) is 18.6. The zero-order valence-electron chi connectivity index (χ0n) is 14.2. The van der Waals surface area contributed by atoms with E-state index in [1.807, 2.05) is 49.5 Å². The van der Waals surface area contributed by atoms with Crippen LogP contribution < -0.4 is 0 Å². The van der Waals surface area contributed by atoms with Gasteiger partial charge in [0.05, 0.1) is 11.0 Å². The van der Waals surface area contributed by atoms with Gasteiger partial charge in [-0.15, -0.1) is 0 Å². The van der Waals surface area contributed by atoms with Crippen molar-refractivity contribution in [3.8, 4) is 0 Å². The van der Waals surface area contributed by atoms with Crippen molar-refractivity contribution in [2.45, 2.75) is 23.8 Å². The molecule has 0 saturated carbocycles. The molecule has 2 aromatic carbocycles. The molecule has 0 saturated heterocycles. The maximum absolute atomic E-state index is 11.4. The summed E-state index contributed by atoms with van der Waals surface area (Å²) in [5.41, 5.74) is 2.06. The summed E-state index contributed by atoms with van der Waals surface area (Å²) in [6, 6.07) is 16.7. The van der Waals surface area contributed by atoms with Gasteiger partial charge in [-0.2, -0.15) is 0 Å². The number of hydrogen-bond acceptors (Lipinski definition) is 4. The van der Waals surface area contributed by atoms with Gasteiger partial charge < -0.3 is 10.0 Å². The Balaban J connectivity index is 1.77. The number of aliphatic hydroxyl groups is 1. The lowest BCUT2D eigenvalue weighted by atomic mass is 10.1. The standard InChI is InChI=1S/C19H25NO3S/c1-20(15-19(21)17-8-4-3-5-9-17)14-6-7-16-10-12-18(13-11-16)24(2,22)23/h3-5,8-13,19,21H,6-7,14-15H2,1-2H3. The number of rotatable bonds is 8. The summed E-state index contributed by atoms with van der Waals surface area (Å²) in [4.78, 5) is 2.47. The Labute approximate surface area is 144 Å². The van der Waals surface area contributed by atoms with Crippen LogP contribution in [0.5, 0.6) is 0 Å². The van der Waals surface area contributed by atoms with Gasteiger partial charge in [-0.3, -0.25) is 0 Å². The van der Waals surface area contributed by atoms with Gasteiger partial charge >= 0.3 is 0 Å². The molecule has 1 atom stereocenters. The van der Waals surface area contributed by atoms with Crippen LogP contribution in [0.1, 0.15) is 23.7 Å². The first-order valence-corrected chi connectivity index (χ1v) is 9.96. The van der Waals surface area contributed by atoms with Crippen molar-refractivity contribution < 1.29 is 13.5 Å². The minimum Gasteiger partial charge on any atom is -0.387 e. The SMILES string of the molecule is CN(CCCc1ccc(S(C)(=O)=O)cc1)CC(O)c1ccccc1. The zero-order chi connectivity index (χ0) is 17.6. The van der Waals surface area contributed by atoms with Gasteiger partial charge in [-0.1, -0.05) is 42.5 Å². The molecule has 1 N–H and O–H groups in total. The molecule has 0 radical (unpaired) electrons. The van der Waals surface area contributed by atoms with E-state index in [0.717, 1.165) is 30.5 Å². The highest BCUT2D eigenvalue weighted by atomic mass is 32.2. The minimum atomic E-state index is -3.13. The lowest BCUT2D eigenvalue weighted by molar-refractivity contribution is 0.126. The third-order valence-corrected chi connectivity index (χ3v) is 5.15. The topological polar surface area (TPSA) is 57.6 Å². The predicted octanol–water partition coefficient (Wildman–Crippen LogP) is 2.69. The summed E-state index contributed by atoms with van der Waals surface area (Å²) in [5, 5.41) is 10.2. The van der Waals surface area contributed by atoms with Crippen LogP contribution in [0.25, 0.3) is 0 Å². The average molecular weight is 347 g/mol. The highest BCUT2D eigenvalue weighted by Gasteiger charge is 2.10. The number of aryl methyl sites for hydroxylation is 1. The van der Waals surface area contributed by atoms with Crippen LogP contribution in [0.4, 0.5) is 0 Å². The molecule has 0 fully saturated rings. The highest BCUT2D eigenvalue weighted by molar-refractivity contribution is 7.90. The van der Waals surface area contributed by atoms with Crippen LogP contribution in [0.3, 0.4) is 0 Å². The Hall–Kier alpha value is -1.69. The molecule has 0 aliphatic carbocycles. The highest BCUT2D eigenvalue weighted by Crippen LogP contribution is 2.14. The smallest absolute Gasteiger partial charge is 0.175 e. The summed E-state index contributed by atoms with van der Waals surface area (Å²) < 4.78 is 22.9. The van der Waals surface area contributed by atoms with E-state index in [4.69, 9.17) is 0 Å². The number of benzene rings is 2. The van der Waals surface area contributed by atoms with Gasteiger partial charge in [0.2, 0.25) is 0 Å². The summed E-state index contributed by atoms with van der Waals surface area (Å²) in [7, 11) is -1.13. The third kappa shape index (κ3) is 5.74. The molecule has 1 unspecified atom stereocenters. The van der Waals surface area contributed by atoms with Crippen LogP contribution in [-0.2, 0) is 16.3 Å².